The summed E-state index contributed by atoms with van der Waals surface area (Å²) in [5.74, 6) is -0.814. The summed E-state index contributed by atoms with van der Waals surface area (Å²) in [5.41, 5.74) is -0.225. The second kappa shape index (κ2) is 5.87. The Bertz CT molecular complexity index is 257. The van der Waals surface area contributed by atoms with Crippen molar-refractivity contribution >= 4 is 11.9 Å². The number of hydrogen-bond donors (Lipinski definition) is 2. The average molecular weight is 227 g/mol. The molecular weight excluding hydrogens is 206 g/mol. The molecule has 1 fully saturated rings. The van der Waals surface area contributed by atoms with Crippen molar-refractivity contribution in [3.63, 3.8) is 0 Å². The maximum atomic E-state index is 12.0. The van der Waals surface area contributed by atoms with E-state index in [1.54, 1.807) is 0 Å². The molecule has 0 aliphatic heterocycles. The van der Waals surface area contributed by atoms with Crippen LogP contribution in [0.4, 0.5) is 0 Å². The van der Waals surface area contributed by atoms with Crippen molar-refractivity contribution in [1.29, 1.82) is 0 Å². The number of carboxylic acid groups (broad SMARTS) is 1. The van der Waals surface area contributed by atoms with Crippen molar-refractivity contribution in [3.05, 3.63) is 0 Å². The number of nitrogens with one attached hydrogen (secondary N) is 1. The highest BCUT2D eigenvalue weighted by Crippen LogP contribution is 2.39. The molecule has 0 radical (unpaired) electrons. The van der Waals surface area contributed by atoms with E-state index in [9.17, 15) is 9.59 Å². The third kappa shape index (κ3) is 3.22. The van der Waals surface area contributed by atoms with Gasteiger partial charge in [0.25, 0.3) is 0 Å². The predicted molar refractivity (Wildman–Crippen MR) is 61.1 cm³/mol. The fourth-order valence-corrected chi connectivity index (χ4v) is 2.44. The lowest BCUT2D eigenvalue weighted by molar-refractivity contribution is -0.137. The number of aliphatic carboxylic acids is 1. The molecule has 0 saturated heterocycles. The fraction of sp³-hybridized carbons (Fsp3) is 0.833. The summed E-state index contributed by atoms with van der Waals surface area (Å²) >= 11 is 0. The molecule has 0 spiro atoms. The topological polar surface area (TPSA) is 66.4 Å². The van der Waals surface area contributed by atoms with Crippen LogP contribution in [0.1, 0.15) is 51.9 Å². The van der Waals surface area contributed by atoms with E-state index in [1.165, 1.54) is 6.42 Å². The van der Waals surface area contributed by atoms with Gasteiger partial charge in [0.05, 0.1) is 6.42 Å². The number of rotatable bonds is 5. The van der Waals surface area contributed by atoms with Crippen molar-refractivity contribution in [3.8, 4) is 0 Å². The lowest BCUT2D eigenvalue weighted by Gasteiger charge is -2.34. The molecule has 2 N–H and O–H groups in total. The quantitative estimate of drug-likeness (QED) is 0.754. The minimum absolute atomic E-state index is 0.00549. The first kappa shape index (κ1) is 13.0. The molecule has 1 saturated carbocycles. The molecule has 0 unspecified atom stereocenters. The third-order valence-corrected chi connectivity index (χ3v) is 3.59. The van der Waals surface area contributed by atoms with E-state index in [1.807, 2.05) is 6.92 Å². The molecule has 1 aliphatic rings. The standard InChI is InChI=1S/C12H21NO3/c1-2-12(7-4-3-5-8-12)11(16)13-9-6-10(14)15/h2-9H2,1H3,(H,13,16)(H,14,15). The van der Waals surface area contributed by atoms with Gasteiger partial charge in [-0.3, -0.25) is 9.59 Å². The highest BCUT2D eigenvalue weighted by molar-refractivity contribution is 5.83. The number of hydrogen-bond acceptors (Lipinski definition) is 2. The maximum Gasteiger partial charge on any atom is 0.305 e. The lowest BCUT2D eigenvalue weighted by Crippen LogP contribution is -2.42. The molecule has 1 amide bonds. The number of amides is 1. The van der Waals surface area contributed by atoms with E-state index < -0.39 is 5.97 Å². The summed E-state index contributed by atoms with van der Waals surface area (Å²) in [6.07, 6.45) is 6.19. The van der Waals surface area contributed by atoms with Crippen LogP contribution in [0, 0.1) is 5.41 Å². The number of carbonyl (C=O) groups excluding carboxylic acids is 1. The normalized spacial score (nSPS) is 19.1. The predicted octanol–water partition coefficient (Wildman–Crippen LogP) is 1.94. The molecule has 16 heavy (non-hydrogen) atoms. The summed E-state index contributed by atoms with van der Waals surface area (Å²) in [6, 6.07) is 0. The Labute approximate surface area is 96.4 Å². The highest BCUT2D eigenvalue weighted by Gasteiger charge is 2.37. The average Bonchev–Trinajstić information content (AvgIpc) is 2.29. The first-order chi connectivity index (χ1) is 7.60. The van der Waals surface area contributed by atoms with Crippen LogP contribution in [-0.2, 0) is 9.59 Å². The Morgan fingerprint density at radius 2 is 1.88 bits per heavy atom. The zero-order chi connectivity index (χ0) is 12.0. The molecule has 92 valence electrons. The minimum atomic E-state index is -0.866. The van der Waals surface area contributed by atoms with E-state index in [4.69, 9.17) is 5.11 Å². The van der Waals surface area contributed by atoms with Gasteiger partial charge in [-0.05, 0) is 19.3 Å². The van der Waals surface area contributed by atoms with Gasteiger partial charge in [0, 0.05) is 12.0 Å². The first-order valence-electron chi connectivity index (χ1n) is 6.11. The van der Waals surface area contributed by atoms with Crippen LogP contribution in [0.5, 0.6) is 0 Å². The van der Waals surface area contributed by atoms with Gasteiger partial charge in [0.15, 0.2) is 0 Å². The van der Waals surface area contributed by atoms with Gasteiger partial charge in [-0.2, -0.15) is 0 Å². The zero-order valence-corrected chi connectivity index (χ0v) is 9.92. The molecule has 0 atom stereocenters. The monoisotopic (exact) mass is 227 g/mol. The lowest BCUT2D eigenvalue weighted by atomic mass is 9.71. The molecule has 4 nitrogen and oxygen atoms in total. The van der Waals surface area contributed by atoms with Crippen LogP contribution >= 0.6 is 0 Å². The van der Waals surface area contributed by atoms with E-state index in [-0.39, 0.29) is 24.3 Å². The van der Waals surface area contributed by atoms with E-state index in [0.29, 0.717) is 0 Å². The van der Waals surface area contributed by atoms with Gasteiger partial charge in [0.1, 0.15) is 0 Å². The van der Waals surface area contributed by atoms with E-state index >= 15 is 0 Å². The SMILES string of the molecule is CCC1(C(=O)NCCC(=O)O)CCCCC1. The van der Waals surface area contributed by atoms with Gasteiger partial charge >= 0.3 is 5.97 Å². The Kier molecular flexibility index (Phi) is 4.77. The van der Waals surface area contributed by atoms with Crippen LogP contribution in [0.15, 0.2) is 0 Å². The number of carbonyl (C=O) groups is 2. The van der Waals surface area contributed by atoms with Crippen molar-refractivity contribution < 1.29 is 14.7 Å². The summed E-state index contributed by atoms with van der Waals surface area (Å²) in [7, 11) is 0. The van der Waals surface area contributed by atoms with Crippen molar-refractivity contribution in [2.75, 3.05) is 6.54 Å². The van der Waals surface area contributed by atoms with Gasteiger partial charge < -0.3 is 10.4 Å². The summed E-state index contributed by atoms with van der Waals surface area (Å²) in [4.78, 5) is 22.4. The molecule has 0 heterocycles. The van der Waals surface area contributed by atoms with Gasteiger partial charge in [-0.25, -0.2) is 0 Å². The Morgan fingerprint density at radius 3 is 2.38 bits per heavy atom. The molecule has 0 bridgehead atoms. The van der Waals surface area contributed by atoms with Gasteiger partial charge in [0.2, 0.25) is 5.91 Å². The maximum absolute atomic E-state index is 12.0. The first-order valence-corrected chi connectivity index (χ1v) is 6.11. The molecule has 1 rings (SSSR count). The molecule has 0 aromatic heterocycles. The van der Waals surface area contributed by atoms with Crippen molar-refractivity contribution in [1.82, 2.24) is 5.32 Å². The highest BCUT2D eigenvalue weighted by atomic mass is 16.4. The Morgan fingerprint density at radius 1 is 1.25 bits per heavy atom. The van der Waals surface area contributed by atoms with Crippen molar-refractivity contribution in [2.45, 2.75) is 51.9 Å². The second-order valence-corrected chi connectivity index (χ2v) is 4.59. The van der Waals surface area contributed by atoms with Crippen LogP contribution in [0.2, 0.25) is 0 Å². The Hall–Kier alpha value is -1.06. The Balaban J connectivity index is 2.45. The second-order valence-electron chi connectivity index (χ2n) is 4.59. The van der Waals surface area contributed by atoms with Gasteiger partial charge in [-0.1, -0.05) is 26.2 Å². The molecule has 0 aromatic rings. The van der Waals surface area contributed by atoms with Crippen LogP contribution < -0.4 is 5.32 Å². The summed E-state index contributed by atoms with van der Waals surface area (Å²) in [5, 5.41) is 11.3. The fourth-order valence-electron chi connectivity index (χ4n) is 2.44. The van der Waals surface area contributed by atoms with Crippen LogP contribution in [0.3, 0.4) is 0 Å². The van der Waals surface area contributed by atoms with E-state index in [0.717, 1.165) is 32.1 Å². The molecule has 4 heteroatoms. The molecule has 0 aromatic carbocycles. The third-order valence-electron chi connectivity index (χ3n) is 3.59. The smallest absolute Gasteiger partial charge is 0.305 e. The number of carboxylic acids is 1. The van der Waals surface area contributed by atoms with Crippen LogP contribution in [-0.4, -0.2) is 23.5 Å². The van der Waals surface area contributed by atoms with Crippen LogP contribution in [0.25, 0.3) is 0 Å². The largest absolute Gasteiger partial charge is 0.481 e. The van der Waals surface area contributed by atoms with Crippen molar-refractivity contribution in [2.24, 2.45) is 5.41 Å². The molecule has 1 aliphatic carbocycles. The zero-order valence-electron chi connectivity index (χ0n) is 9.92. The summed E-state index contributed by atoms with van der Waals surface area (Å²) in [6.45, 7) is 2.29. The minimum Gasteiger partial charge on any atom is -0.481 e. The van der Waals surface area contributed by atoms with E-state index in [2.05, 4.69) is 5.32 Å². The molecular formula is C12H21NO3. The van der Waals surface area contributed by atoms with Gasteiger partial charge in [-0.15, -0.1) is 0 Å². The summed E-state index contributed by atoms with van der Waals surface area (Å²) < 4.78 is 0.